The average molecular weight is 277 g/mol. The van der Waals surface area contributed by atoms with E-state index in [1.54, 1.807) is 0 Å². The molecule has 18 heavy (non-hydrogen) atoms. The summed E-state index contributed by atoms with van der Waals surface area (Å²) < 4.78 is 38.1. The quantitative estimate of drug-likeness (QED) is 0.885. The first kappa shape index (κ1) is 15.4. The van der Waals surface area contributed by atoms with E-state index in [2.05, 4.69) is 0 Å². The predicted octanol–water partition coefficient (Wildman–Crippen LogP) is 3.82. The normalized spacial score (nSPS) is 13.7. The van der Waals surface area contributed by atoms with Crippen LogP contribution in [-0.2, 0) is 5.75 Å². The molecule has 0 fully saturated rings. The van der Waals surface area contributed by atoms with Crippen LogP contribution < -0.4 is 5.73 Å². The van der Waals surface area contributed by atoms with E-state index in [0.717, 1.165) is 28.5 Å². The van der Waals surface area contributed by atoms with Gasteiger partial charge >= 0.3 is 6.18 Å². The van der Waals surface area contributed by atoms with Gasteiger partial charge < -0.3 is 5.73 Å². The van der Waals surface area contributed by atoms with Crippen LogP contribution in [0.1, 0.15) is 23.1 Å². The fraction of sp³-hybridized carbons (Fsp3) is 0.538. The minimum Gasteiger partial charge on any atom is -0.330 e. The number of aryl methyl sites for hydroxylation is 2. The second-order valence-electron chi connectivity index (χ2n) is 4.41. The predicted molar refractivity (Wildman–Crippen MR) is 70.7 cm³/mol. The zero-order valence-electron chi connectivity index (χ0n) is 10.6. The average Bonchev–Trinajstić information content (AvgIpc) is 2.21. The van der Waals surface area contributed by atoms with Crippen LogP contribution in [0.3, 0.4) is 0 Å². The Balaban J connectivity index is 2.67. The fourth-order valence-electron chi connectivity index (χ4n) is 1.84. The lowest BCUT2D eigenvalue weighted by molar-refractivity contribution is -0.129. The van der Waals surface area contributed by atoms with E-state index in [0.29, 0.717) is 5.75 Å². The zero-order valence-corrected chi connectivity index (χ0v) is 11.4. The van der Waals surface area contributed by atoms with Gasteiger partial charge in [-0.1, -0.05) is 29.3 Å². The minimum atomic E-state index is -4.18. The van der Waals surface area contributed by atoms with E-state index in [1.807, 2.05) is 32.0 Å². The summed E-state index contributed by atoms with van der Waals surface area (Å²) in [4.78, 5) is 0. The molecule has 0 aliphatic rings. The Bertz CT molecular complexity index is 370. The smallest absolute Gasteiger partial charge is 0.330 e. The maximum Gasteiger partial charge on any atom is 0.400 e. The summed E-state index contributed by atoms with van der Waals surface area (Å²) in [6.07, 6.45) is -4.21. The van der Waals surface area contributed by atoms with Gasteiger partial charge in [0.1, 0.15) is 5.25 Å². The van der Waals surface area contributed by atoms with Gasteiger partial charge in [-0.05, 0) is 32.4 Å². The third-order valence-corrected chi connectivity index (χ3v) is 3.93. The molecule has 0 saturated heterocycles. The SMILES string of the molecule is Cc1cc(C)cc(CSC(CCN)C(F)(F)F)c1. The number of alkyl halides is 3. The highest BCUT2D eigenvalue weighted by molar-refractivity contribution is 7.99. The molecule has 0 radical (unpaired) electrons. The molecule has 1 rings (SSSR count). The molecule has 0 bridgehead atoms. The van der Waals surface area contributed by atoms with Crippen LogP contribution >= 0.6 is 11.8 Å². The Morgan fingerprint density at radius 1 is 1.17 bits per heavy atom. The summed E-state index contributed by atoms with van der Waals surface area (Å²) in [7, 11) is 0. The monoisotopic (exact) mass is 277 g/mol. The van der Waals surface area contributed by atoms with Gasteiger partial charge in [0.15, 0.2) is 0 Å². The molecule has 0 spiro atoms. The molecule has 102 valence electrons. The third kappa shape index (κ3) is 4.90. The van der Waals surface area contributed by atoms with E-state index in [9.17, 15) is 13.2 Å². The Kier molecular flexibility index (Phi) is 5.53. The Labute approximate surface area is 110 Å². The first-order chi connectivity index (χ1) is 8.32. The van der Waals surface area contributed by atoms with Crippen molar-refractivity contribution in [1.82, 2.24) is 0 Å². The molecule has 1 aromatic carbocycles. The van der Waals surface area contributed by atoms with Crippen LogP contribution in [-0.4, -0.2) is 18.0 Å². The highest BCUT2D eigenvalue weighted by Crippen LogP contribution is 2.34. The first-order valence-corrected chi connectivity index (χ1v) is 6.83. The number of rotatable bonds is 5. The molecule has 1 atom stereocenters. The number of hydrogen-bond acceptors (Lipinski definition) is 2. The highest BCUT2D eigenvalue weighted by Gasteiger charge is 2.39. The standard InChI is InChI=1S/C13H18F3NS/c1-9-5-10(2)7-11(6-9)8-18-12(3-4-17)13(14,15)16/h5-7,12H,3-4,8,17H2,1-2H3. The van der Waals surface area contributed by atoms with E-state index in [1.165, 1.54) is 0 Å². The molecular formula is C13H18F3NS. The molecule has 0 aromatic heterocycles. The first-order valence-electron chi connectivity index (χ1n) is 5.78. The van der Waals surface area contributed by atoms with Crippen LogP contribution in [0.4, 0.5) is 13.2 Å². The van der Waals surface area contributed by atoms with Gasteiger partial charge in [0.2, 0.25) is 0 Å². The maximum atomic E-state index is 12.7. The summed E-state index contributed by atoms with van der Waals surface area (Å²) in [5, 5.41) is -1.37. The largest absolute Gasteiger partial charge is 0.400 e. The van der Waals surface area contributed by atoms with Gasteiger partial charge in [-0.25, -0.2) is 0 Å². The van der Waals surface area contributed by atoms with Gasteiger partial charge in [0.05, 0.1) is 0 Å². The molecule has 1 unspecified atom stereocenters. The topological polar surface area (TPSA) is 26.0 Å². The van der Waals surface area contributed by atoms with Crippen molar-refractivity contribution < 1.29 is 13.2 Å². The van der Waals surface area contributed by atoms with Crippen molar-refractivity contribution >= 4 is 11.8 Å². The highest BCUT2D eigenvalue weighted by atomic mass is 32.2. The summed E-state index contributed by atoms with van der Waals surface area (Å²) in [5.74, 6) is 0.368. The lowest BCUT2D eigenvalue weighted by Gasteiger charge is -2.19. The summed E-state index contributed by atoms with van der Waals surface area (Å²) in [6.45, 7) is 3.95. The molecular weight excluding hydrogens is 259 g/mol. The third-order valence-electron chi connectivity index (χ3n) is 2.53. The lowest BCUT2D eigenvalue weighted by atomic mass is 10.1. The number of hydrogen-bond donors (Lipinski definition) is 1. The van der Waals surface area contributed by atoms with E-state index >= 15 is 0 Å². The zero-order chi connectivity index (χ0) is 13.8. The molecule has 1 nitrogen and oxygen atoms in total. The lowest BCUT2D eigenvalue weighted by Crippen LogP contribution is -2.28. The molecule has 5 heteroatoms. The second kappa shape index (κ2) is 6.48. The van der Waals surface area contributed by atoms with E-state index in [4.69, 9.17) is 5.73 Å². The van der Waals surface area contributed by atoms with Crippen molar-refractivity contribution in [2.24, 2.45) is 5.73 Å². The Morgan fingerprint density at radius 3 is 2.17 bits per heavy atom. The molecule has 0 heterocycles. The molecule has 0 aliphatic carbocycles. The number of thioether (sulfide) groups is 1. The van der Waals surface area contributed by atoms with E-state index < -0.39 is 11.4 Å². The molecule has 2 N–H and O–H groups in total. The van der Waals surface area contributed by atoms with Gasteiger partial charge in [0.25, 0.3) is 0 Å². The number of nitrogens with two attached hydrogens (primary N) is 1. The molecule has 0 saturated carbocycles. The molecule has 0 aliphatic heterocycles. The van der Waals surface area contributed by atoms with Crippen LogP contribution in [0, 0.1) is 13.8 Å². The van der Waals surface area contributed by atoms with Crippen LogP contribution in [0.5, 0.6) is 0 Å². The summed E-state index contributed by atoms with van der Waals surface area (Å²) >= 11 is 0.919. The van der Waals surface area contributed by atoms with Gasteiger partial charge in [-0.2, -0.15) is 13.2 Å². The summed E-state index contributed by atoms with van der Waals surface area (Å²) in [6, 6.07) is 5.86. The van der Waals surface area contributed by atoms with Crippen LogP contribution in [0.2, 0.25) is 0 Å². The van der Waals surface area contributed by atoms with Gasteiger partial charge in [-0.3, -0.25) is 0 Å². The molecule has 1 aromatic rings. The number of benzene rings is 1. The van der Waals surface area contributed by atoms with Crippen molar-refractivity contribution in [3.8, 4) is 0 Å². The van der Waals surface area contributed by atoms with E-state index in [-0.39, 0.29) is 13.0 Å². The van der Waals surface area contributed by atoms with Crippen molar-refractivity contribution in [3.05, 3.63) is 34.9 Å². The van der Waals surface area contributed by atoms with Crippen molar-refractivity contribution in [2.75, 3.05) is 6.54 Å². The maximum absolute atomic E-state index is 12.7. The van der Waals surface area contributed by atoms with Gasteiger partial charge in [0, 0.05) is 5.75 Å². The van der Waals surface area contributed by atoms with Crippen molar-refractivity contribution in [1.29, 1.82) is 0 Å². The van der Waals surface area contributed by atoms with Crippen molar-refractivity contribution in [3.63, 3.8) is 0 Å². The second-order valence-corrected chi connectivity index (χ2v) is 5.61. The van der Waals surface area contributed by atoms with Crippen LogP contribution in [0.15, 0.2) is 18.2 Å². The Hall–Kier alpha value is -0.680. The minimum absolute atomic E-state index is 0.0288. The number of halogens is 3. The summed E-state index contributed by atoms with van der Waals surface area (Å²) in [5.41, 5.74) is 8.32. The molecule has 0 amide bonds. The van der Waals surface area contributed by atoms with Gasteiger partial charge in [-0.15, -0.1) is 11.8 Å². The van der Waals surface area contributed by atoms with Crippen LogP contribution in [0.25, 0.3) is 0 Å². The Morgan fingerprint density at radius 2 is 1.72 bits per heavy atom. The van der Waals surface area contributed by atoms with Crippen molar-refractivity contribution in [2.45, 2.75) is 37.4 Å². The fourth-order valence-corrected chi connectivity index (χ4v) is 2.89.